The van der Waals surface area contributed by atoms with Gasteiger partial charge in [0.1, 0.15) is 0 Å². The van der Waals surface area contributed by atoms with Crippen LogP contribution in [0.15, 0.2) is 22.7 Å². The summed E-state index contributed by atoms with van der Waals surface area (Å²) in [5, 5.41) is 10.4. The molecule has 0 aliphatic carbocycles. The molecule has 70 valence electrons. The van der Waals surface area contributed by atoms with Crippen molar-refractivity contribution in [3.8, 4) is 0 Å². The fourth-order valence-electron chi connectivity index (χ4n) is 0.999. The normalized spacial score (nSPS) is 12.5. The van der Waals surface area contributed by atoms with Gasteiger partial charge in [-0.2, -0.15) is 0 Å². The van der Waals surface area contributed by atoms with Crippen molar-refractivity contribution in [2.75, 3.05) is 0 Å². The number of nitro benzene ring substituents is 1. The van der Waals surface area contributed by atoms with Crippen LogP contribution < -0.4 is 5.73 Å². The Bertz CT molecular complexity index is 339. The van der Waals surface area contributed by atoms with Gasteiger partial charge in [0.25, 0.3) is 5.69 Å². The first-order valence-electron chi connectivity index (χ1n) is 3.72. The Labute approximate surface area is 84.0 Å². The average Bonchev–Trinajstić information content (AvgIpc) is 2.03. The third-order valence-electron chi connectivity index (χ3n) is 1.69. The Hall–Kier alpha value is -0.940. The molecule has 0 saturated carbocycles. The molecule has 1 rings (SSSR count). The molecule has 0 saturated heterocycles. The van der Waals surface area contributed by atoms with Crippen LogP contribution in [0.1, 0.15) is 18.5 Å². The van der Waals surface area contributed by atoms with Gasteiger partial charge in [-0.05, 0) is 18.6 Å². The van der Waals surface area contributed by atoms with Gasteiger partial charge < -0.3 is 5.73 Å². The SMILES string of the molecule is C[C@H](N)c1ccc([N+](=O)[O-])cc1Br. The van der Waals surface area contributed by atoms with Crippen molar-refractivity contribution < 1.29 is 4.92 Å². The third-order valence-corrected chi connectivity index (χ3v) is 2.37. The number of non-ortho nitro benzene ring substituents is 1. The van der Waals surface area contributed by atoms with Crippen molar-refractivity contribution in [1.29, 1.82) is 0 Å². The zero-order chi connectivity index (χ0) is 10.0. The molecule has 2 N–H and O–H groups in total. The molecular weight excluding hydrogens is 236 g/mol. The number of halogens is 1. The van der Waals surface area contributed by atoms with Gasteiger partial charge in [0.2, 0.25) is 0 Å². The van der Waals surface area contributed by atoms with E-state index in [4.69, 9.17) is 5.73 Å². The number of rotatable bonds is 2. The fraction of sp³-hybridized carbons (Fsp3) is 0.250. The van der Waals surface area contributed by atoms with E-state index in [9.17, 15) is 10.1 Å². The molecule has 0 aliphatic heterocycles. The monoisotopic (exact) mass is 244 g/mol. The summed E-state index contributed by atoms with van der Waals surface area (Å²) in [6.07, 6.45) is 0. The lowest BCUT2D eigenvalue weighted by molar-refractivity contribution is -0.384. The van der Waals surface area contributed by atoms with E-state index < -0.39 is 4.92 Å². The molecule has 0 amide bonds. The van der Waals surface area contributed by atoms with Gasteiger partial charge in [-0.15, -0.1) is 0 Å². The van der Waals surface area contributed by atoms with Crippen LogP contribution in [0.2, 0.25) is 0 Å². The summed E-state index contributed by atoms with van der Waals surface area (Å²) in [7, 11) is 0. The fourth-order valence-corrected chi connectivity index (χ4v) is 1.73. The van der Waals surface area contributed by atoms with Crippen molar-refractivity contribution in [2.45, 2.75) is 13.0 Å². The number of hydrogen-bond donors (Lipinski definition) is 1. The summed E-state index contributed by atoms with van der Waals surface area (Å²) in [4.78, 5) is 9.95. The zero-order valence-corrected chi connectivity index (χ0v) is 8.61. The number of nitrogens with zero attached hydrogens (tertiary/aromatic N) is 1. The summed E-state index contributed by atoms with van der Waals surface area (Å²) in [5.74, 6) is 0. The zero-order valence-electron chi connectivity index (χ0n) is 7.03. The second-order valence-electron chi connectivity index (χ2n) is 2.75. The highest BCUT2D eigenvalue weighted by molar-refractivity contribution is 9.10. The van der Waals surface area contributed by atoms with Crippen LogP contribution in [0.4, 0.5) is 5.69 Å². The van der Waals surface area contributed by atoms with Crippen LogP contribution in [-0.4, -0.2) is 4.92 Å². The highest BCUT2D eigenvalue weighted by atomic mass is 79.9. The molecule has 0 spiro atoms. The number of hydrogen-bond acceptors (Lipinski definition) is 3. The van der Waals surface area contributed by atoms with E-state index in [-0.39, 0.29) is 11.7 Å². The Morgan fingerprint density at radius 2 is 2.23 bits per heavy atom. The van der Waals surface area contributed by atoms with Crippen LogP contribution in [0.25, 0.3) is 0 Å². The first-order valence-corrected chi connectivity index (χ1v) is 4.51. The quantitative estimate of drug-likeness (QED) is 0.642. The number of nitro groups is 1. The van der Waals surface area contributed by atoms with Gasteiger partial charge in [-0.25, -0.2) is 0 Å². The van der Waals surface area contributed by atoms with Crippen molar-refractivity contribution in [1.82, 2.24) is 0 Å². The largest absolute Gasteiger partial charge is 0.324 e. The van der Waals surface area contributed by atoms with Gasteiger partial charge in [0.15, 0.2) is 0 Å². The summed E-state index contributed by atoms with van der Waals surface area (Å²) in [6, 6.07) is 4.44. The topological polar surface area (TPSA) is 69.2 Å². The molecule has 0 aromatic heterocycles. The molecule has 4 nitrogen and oxygen atoms in total. The molecule has 1 atom stereocenters. The minimum atomic E-state index is -0.435. The first kappa shape index (κ1) is 10.1. The molecule has 13 heavy (non-hydrogen) atoms. The Morgan fingerprint density at radius 1 is 1.62 bits per heavy atom. The van der Waals surface area contributed by atoms with Gasteiger partial charge >= 0.3 is 0 Å². The second kappa shape index (κ2) is 3.85. The van der Waals surface area contributed by atoms with E-state index in [1.165, 1.54) is 12.1 Å². The van der Waals surface area contributed by atoms with Gasteiger partial charge in [-0.3, -0.25) is 10.1 Å². The molecule has 0 radical (unpaired) electrons. The average molecular weight is 245 g/mol. The van der Waals surface area contributed by atoms with E-state index >= 15 is 0 Å². The highest BCUT2D eigenvalue weighted by Crippen LogP contribution is 2.26. The van der Waals surface area contributed by atoms with Crippen LogP contribution in [0, 0.1) is 10.1 Å². The molecule has 0 unspecified atom stereocenters. The summed E-state index contributed by atoms with van der Waals surface area (Å²) in [6.45, 7) is 1.83. The van der Waals surface area contributed by atoms with Crippen molar-refractivity contribution >= 4 is 21.6 Å². The maximum atomic E-state index is 10.4. The molecule has 0 fully saturated rings. The molecule has 1 aromatic rings. The lowest BCUT2D eigenvalue weighted by Gasteiger charge is -2.07. The van der Waals surface area contributed by atoms with Gasteiger partial charge in [0, 0.05) is 22.6 Å². The van der Waals surface area contributed by atoms with E-state index in [2.05, 4.69) is 15.9 Å². The van der Waals surface area contributed by atoms with Gasteiger partial charge in [-0.1, -0.05) is 15.9 Å². The molecule has 1 aromatic carbocycles. The molecule has 0 bridgehead atoms. The summed E-state index contributed by atoms with van der Waals surface area (Å²) < 4.78 is 0.678. The van der Waals surface area contributed by atoms with Crippen molar-refractivity contribution in [3.63, 3.8) is 0 Å². The maximum absolute atomic E-state index is 10.4. The summed E-state index contributed by atoms with van der Waals surface area (Å²) >= 11 is 3.23. The van der Waals surface area contributed by atoms with Crippen LogP contribution in [0.3, 0.4) is 0 Å². The van der Waals surface area contributed by atoms with E-state index in [0.29, 0.717) is 4.47 Å². The Kier molecular flexibility index (Phi) is 3.00. The second-order valence-corrected chi connectivity index (χ2v) is 3.61. The number of benzene rings is 1. The predicted octanol–water partition coefficient (Wildman–Crippen LogP) is 2.38. The third kappa shape index (κ3) is 2.26. The van der Waals surface area contributed by atoms with Crippen molar-refractivity contribution in [3.05, 3.63) is 38.3 Å². The van der Waals surface area contributed by atoms with Crippen LogP contribution in [-0.2, 0) is 0 Å². The molecule has 0 heterocycles. The van der Waals surface area contributed by atoms with E-state index in [1.807, 2.05) is 6.92 Å². The van der Waals surface area contributed by atoms with E-state index in [0.717, 1.165) is 5.56 Å². The standard InChI is InChI=1S/C8H9BrN2O2/c1-5(10)7-3-2-6(11(12)13)4-8(7)9/h2-5H,10H2,1H3/t5-/m0/s1. The molecule has 0 aliphatic rings. The minimum absolute atomic E-state index is 0.0660. The Balaban J connectivity index is 3.13. The summed E-state index contributed by atoms with van der Waals surface area (Å²) in [5.41, 5.74) is 6.57. The highest BCUT2D eigenvalue weighted by Gasteiger charge is 2.10. The van der Waals surface area contributed by atoms with Gasteiger partial charge in [0.05, 0.1) is 4.92 Å². The molecule has 5 heteroatoms. The van der Waals surface area contributed by atoms with Crippen molar-refractivity contribution in [2.24, 2.45) is 5.73 Å². The Morgan fingerprint density at radius 3 is 2.62 bits per heavy atom. The van der Waals surface area contributed by atoms with E-state index in [1.54, 1.807) is 6.07 Å². The molecular formula is C8H9BrN2O2. The first-order chi connectivity index (χ1) is 6.02. The van der Waals surface area contributed by atoms with Crippen LogP contribution in [0.5, 0.6) is 0 Å². The lowest BCUT2D eigenvalue weighted by Crippen LogP contribution is -2.05. The smallest absolute Gasteiger partial charge is 0.270 e. The maximum Gasteiger partial charge on any atom is 0.270 e. The predicted molar refractivity (Wildman–Crippen MR) is 53.4 cm³/mol. The minimum Gasteiger partial charge on any atom is -0.324 e. The van der Waals surface area contributed by atoms with Crippen LogP contribution >= 0.6 is 15.9 Å². The lowest BCUT2D eigenvalue weighted by atomic mass is 10.1. The number of nitrogens with two attached hydrogens (primary N) is 1.